The third kappa shape index (κ3) is 7.49. The van der Waals surface area contributed by atoms with Gasteiger partial charge < -0.3 is 15.5 Å². The van der Waals surface area contributed by atoms with Crippen molar-refractivity contribution in [1.29, 1.82) is 0 Å². The molecule has 2 unspecified atom stereocenters. The molecule has 0 bridgehead atoms. The van der Waals surface area contributed by atoms with Crippen molar-refractivity contribution in [2.24, 2.45) is 5.92 Å². The highest BCUT2D eigenvalue weighted by atomic mass is 16.2. The predicted octanol–water partition coefficient (Wildman–Crippen LogP) is 5.49. The van der Waals surface area contributed by atoms with E-state index in [-0.39, 0.29) is 17.9 Å². The van der Waals surface area contributed by atoms with Gasteiger partial charge >= 0.3 is 6.03 Å². The largest absolute Gasteiger partial charge is 0.336 e. The zero-order chi connectivity index (χ0) is 23.5. The van der Waals surface area contributed by atoms with Crippen LogP contribution in [0.15, 0.2) is 91.0 Å². The molecule has 5 nitrogen and oxygen atoms in total. The third-order valence-electron chi connectivity index (χ3n) is 5.84. The molecular formula is C28H33N3O2. The van der Waals surface area contributed by atoms with Crippen LogP contribution in [0, 0.1) is 5.92 Å². The number of benzene rings is 3. The number of amides is 3. The van der Waals surface area contributed by atoms with E-state index in [1.807, 2.05) is 97.6 Å². The van der Waals surface area contributed by atoms with Gasteiger partial charge in [0.05, 0.1) is 0 Å². The van der Waals surface area contributed by atoms with Crippen LogP contribution in [0.3, 0.4) is 0 Å². The molecule has 0 spiro atoms. The Hall–Kier alpha value is -3.60. The van der Waals surface area contributed by atoms with Gasteiger partial charge in [0.15, 0.2) is 0 Å². The summed E-state index contributed by atoms with van der Waals surface area (Å²) in [6.07, 6.45) is 1.53. The first kappa shape index (κ1) is 24.1. The fourth-order valence-electron chi connectivity index (χ4n) is 3.69. The highest BCUT2D eigenvalue weighted by Crippen LogP contribution is 2.15. The molecule has 5 heteroatoms. The maximum Gasteiger partial charge on any atom is 0.319 e. The minimum absolute atomic E-state index is 0.00554. The van der Waals surface area contributed by atoms with Gasteiger partial charge in [-0.15, -0.1) is 0 Å². The maximum absolute atomic E-state index is 13.7. The van der Waals surface area contributed by atoms with Crippen LogP contribution in [0.5, 0.6) is 0 Å². The van der Waals surface area contributed by atoms with Crippen LogP contribution >= 0.6 is 0 Å². The van der Waals surface area contributed by atoms with Crippen LogP contribution < -0.4 is 10.6 Å². The van der Waals surface area contributed by atoms with Crippen molar-refractivity contribution in [3.05, 3.63) is 102 Å². The molecule has 0 fully saturated rings. The molecule has 3 aromatic rings. The average molecular weight is 444 g/mol. The summed E-state index contributed by atoms with van der Waals surface area (Å²) < 4.78 is 0. The Morgan fingerprint density at radius 2 is 1.36 bits per heavy atom. The summed E-state index contributed by atoms with van der Waals surface area (Å²) in [4.78, 5) is 28.3. The number of nitrogens with one attached hydrogen (secondary N) is 2. The molecule has 3 aromatic carbocycles. The van der Waals surface area contributed by atoms with Crippen LogP contribution in [-0.2, 0) is 17.8 Å². The van der Waals surface area contributed by atoms with Crippen molar-refractivity contribution >= 4 is 17.6 Å². The second kappa shape index (κ2) is 12.4. The van der Waals surface area contributed by atoms with E-state index in [9.17, 15) is 9.59 Å². The van der Waals surface area contributed by atoms with Gasteiger partial charge in [-0.25, -0.2) is 4.79 Å². The van der Waals surface area contributed by atoms with Gasteiger partial charge in [-0.1, -0.05) is 99.1 Å². The fraction of sp³-hybridized carbons (Fsp3) is 0.286. The Labute approximate surface area is 196 Å². The quantitative estimate of drug-likeness (QED) is 0.435. The summed E-state index contributed by atoms with van der Waals surface area (Å²) in [5.41, 5.74) is 2.93. The lowest BCUT2D eigenvalue weighted by molar-refractivity contribution is -0.135. The van der Waals surface area contributed by atoms with Crippen LogP contribution in [0.4, 0.5) is 10.5 Å². The topological polar surface area (TPSA) is 61.4 Å². The molecule has 33 heavy (non-hydrogen) atoms. The standard InChI is InChI=1S/C28H33N3O2/c1-3-22(2)26(30-28(33)29-25-17-11-6-12-18-25)27(32)31(21-24-15-9-5-10-16-24)20-19-23-13-7-4-8-14-23/h4-18,22,26H,3,19-21H2,1-2H3,(H2,29,30,33). The van der Waals surface area contributed by atoms with Crippen molar-refractivity contribution in [3.8, 4) is 0 Å². The van der Waals surface area contributed by atoms with Gasteiger partial charge in [-0.05, 0) is 35.6 Å². The van der Waals surface area contributed by atoms with Gasteiger partial charge in [0.1, 0.15) is 6.04 Å². The first-order chi connectivity index (χ1) is 16.1. The minimum atomic E-state index is -0.613. The molecule has 3 rings (SSSR count). The number of para-hydroxylation sites is 1. The van der Waals surface area contributed by atoms with Gasteiger partial charge in [-0.3, -0.25) is 4.79 Å². The molecule has 0 saturated carbocycles. The maximum atomic E-state index is 13.7. The third-order valence-corrected chi connectivity index (χ3v) is 5.84. The van der Waals surface area contributed by atoms with Crippen molar-refractivity contribution in [2.45, 2.75) is 39.3 Å². The Kier molecular flexibility index (Phi) is 9.07. The SMILES string of the molecule is CCC(C)C(NC(=O)Nc1ccccc1)C(=O)N(CCc1ccccc1)Cc1ccccc1. The second-order valence-electron chi connectivity index (χ2n) is 8.31. The first-order valence-electron chi connectivity index (χ1n) is 11.6. The number of carbonyl (C=O) groups is 2. The minimum Gasteiger partial charge on any atom is -0.336 e. The molecule has 0 heterocycles. The van der Waals surface area contributed by atoms with Crippen molar-refractivity contribution in [3.63, 3.8) is 0 Å². The highest BCUT2D eigenvalue weighted by Gasteiger charge is 2.30. The molecule has 2 N–H and O–H groups in total. The Morgan fingerprint density at radius 3 is 1.94 bits per heavy atom. The number of hydrogen-bond acceptors (Lipinski definition) is 2. The monoisotopic (exact) mass is 443 g/mol. The molecule has 0 aromatic heterocycles. The van der Waals surface area contributed by atoms with Crippen molar-refractivity contribution in [2.75, 3.05) is 11.9 Å². The zero-order valence-corrected chi connectivity index (χ0v) is 19.4. The summed E-state index contributed by atoms with van der Waals surface area (Å²) in [5, 5.41) is 5.77. The van der Waals surface area contributed by atoms with Crippen LogP contribution in [-0.4, -0.2) is 29.4 Å². The smallest absolute Gasteiger partial charge is 0.319 e. The van der Waals surface area contributed by atoms with E-state index >= 15 is 0 Å². The second-order valence-corrected chi connectivity index (χ2v) is 8.31. The van der Waals surface area contributed by atoms with Gasteiger partial charge in [-0.2, -0.15) is 0 Å². The predicted molar refractivity (Wildman–Crippen MR) is 134 cm³/mol. The number of anilines is 1. The molecule has 172 valence electrons. The molecule has 0 saturated heterocycles. The lowest BCUT2D eigenvalue weighted by atomic mass is 9.97. The molecule has 0 aliphatic heterocycles. The van der Waals surface area contributed by atoms with Crippen molar-refractivity contribution < 1.29 is 9.59 Å². The van der Waals surface area contributed by atoms with E-state index in [2.05, 4.69) is 22.8 Å². The molecular weight excluding hydrogens is 410 g/mol. The fourth-order valence-corrected chi connectivity index (χ4v) is 3.69. The van der Waals surface area contributed by atoms with E-state index in [1.165, 1.54) is 5.56 Å². The molecule has 0 radical (unpaired) electrons. The molecule has 2 atom stereocenters. The molecule has 3 amide bonds. The van der Waals surface area contributed by atoms with E-state index in [1.54, 1.807) is 0 Å². The number of hydrogen-bond donors (Lipinski definition) is 2. The average Bonchev–Trinajstić information content (AvgIpc) is 2.86. The van der Waals surface area contributed by atoms with E-state index in [0.29, 0.717) is 18.8 Å². The van der Waals surface area contributed by atoms with Crippen LogP contribution in [0.1, 0.15) is 31.4 Å². The van der Waals surface area contributed by atoms with Gasteiger partial charge in [0, 0.05) is 18.8 Å². The molecule has 0 aliphatic rings. The number of urea groups is 1. The summed E-state index contributed by atoms with van der Waals surface area (Å²) in [5.74, 6) is -0.0682. The highest BCUT2D eigenvalue weighted by molar-refractivity contribution is 5.93. The Balaban J connectivity index is 1.76. The summed E-state index contributed by atoms with van der Waals surface area (Å²) in [7, 11) is 0. The summed E-state index contributed by atoms with van der Waals surface area (Å²) in [6.45, 7) is 5.12. The summed E-state index contributed by atoms with van der Waals surface area (Å²) >= 11 is 0. The number of carbonyl (C=O) groups excluding carboxylic acids is 2. The lowest BCUT2D eigenvalue weighted by Crippen LogP contribution is -2.52. The van der Waals surface area contributed by atoms with Crippen LogP contribution in [0.2, 0.25) is 0 Å². The summed E-state index contributed by atoms with van der Waals surface area (Å²) in [6, 6.07) is 28.4. The van der Waals surface area contributed by atoms with E-state index in [4.69, 9.17) is 0 Å². The number of rotatable bonds is 10. The zero-order valence-electron chi connectivity index (χ0n) is 19.4. The number of nitrogens with zero attached hydrogens (tertiary/aromatic N) is 1. The van der Waals surface area contributed by atoms with Gasteiger partial charge in [0.2, 0.25) is 5.91 Å². The normalized spacial score (nSPS) is 12.4. The first-order valence-corrected chi connectivity index (χ1v) is 11.6. The van der Waals surface area contributed by atoms with Crippen LogP contribution in [0.25, 0.3) is 0 Å². The lowest BCUT2D eigenvalue weighted by Gasteiger charge is -2.31. The van der Waals surface area contributed by atoms with Gasteiger partial charge in [0.25, 0.3) is 0 Å². The molecule has 0 aliphatic carbocycles. The Morgan fingerprint density at radius 1 is 0.818 bits per heavy atom. The van der Waals surface area contributed by atoms with Crippen molar-refractivity contribution in [1.82, 2.24) is 10.2 Å². The van der Waals surface area contributed by atoms with E-state index in [0.717, 1.165) is 18.4 Å². The van der Waals surface area contributed by atoms with E-state index < -0.39 is 6.04 Å². The Bertz CT molecular complexity index is 993.